The van der Waals surface area contributed by atoms with Crippen molar-refractivity contribution in [1.82, 2.24) is 15.5 Å². The van der Waals surface area contributed by atoms with Crippen LogP contribution in [0.1, 0.15) is 57.1 Å². The fraction of sp³-hybridized carbons (Fsp3) is 0.667. The highest BCUT2D eigenvalue weighted by Gasteiger charge is 2.43. The summed E-state index contributed by atoms with van der Waals surface area (Å²) < 4.78 is 6.48. The largest absolute Gasteiger partial charge is 0.487 e. The standard InChI is InChI=1S/C21H32N4O/c1-2-22-20(23-12-15-25-13-7-14-25)24-18-16-21(10-5-6-11-21)26-19-9-4-3-8-17(18)19/h3-4,8-9,18H,2,5-7,10-16H2,1H3,(H2,22,23,24). The van der Waals surface area contributed by atoms with Crippen LogP contribution in [-0.4, -0.2) is 49.2 Å². The Labute approximate surface area is 157 Å². The van der Waals surface area contributed by atoms with Gasteiger partial charge in [-0.15, -0.1) is 0 Å². The van der Waals surface area contributed by atoms with E-state index < -0.39 is 0 Å². The molecule has 0 radical (unpaired) electrons. The summed E-state index contributed by atoms with van der Waals surface area (Å²) >= 11 is 0. The normalized spacial score (nSPS) is 24.7. The Bertz CT molecular complexity index is 635. The molecule has 4 rings (SSSR count). The molecule has 1 saturated heterocycles. The summed E-state index contributed by atoms with van der Waals surface area (Å²) in [6.07, 6.45) is 7.26. The van der Waals surface area contributed by atoms with E-state index in [1.165, 1.54) is 50.8 Å². The molecule has 5 nitrogen and oxygen atoms in total. The molecule has 0 amide bonds. The quantitative estimate of drug-likeness (QED) is 0.629. The van der Waals surface area contributed by atoms with Gasteiger partial charge in [0.2, 0.25) is 0 Å². The highest BCUT2D eigenvalue weighted by Crippen LogP contribution is 2.46. The maximum atomic E-state index is 6.48. The molecule has 142 valence electrons. The van der Waals surface area contributed by atoms with Gasteiger partial charge in [-0.1, -0.05) is 18.2 Å². The van der Waals surface area contributed by atoms with Crippen molar-refractivity contribution in [2.24, 2.45) is 4.99 Å². The molecule has 0 bridgehead atoms. The summed E-state index contributed by atoms with van der Waals surface area (Å²) in [5.74, 6) is 1.98. The van der Waals surface area contributed by atoms with Crippen LogP contribution < -0.4 is 15.4 Å². The topological polar surface area (TPSA) is 48.9 Å². The summed E-state index contributed by atoms with van der Waals surface area (Å²) in [5.41, 5.74) is 1.28. The summed E-state index contributed by atoms with van der Waals surface area (Å²) in [6, 6.07) is 8.77. The molecule has 1 aliphatic carbocycles. The SMILES string of the molecule is CCNC(=NCCN1CCC1)NC1CC2(CCCC2)Oc2ccccc21. The molecular weight excluding hydrogens is 324 g/mol. The number of likely N-dealkylation sites (tertiary alicyclic amines) is 1. The van der Waals surface area contributed by atoms with E-state index in [1.807, 2.05) is 0 Å². The Hall–Kier alpha value is -1.75. The molecular formula is C21H32N4O. The van der Waals surface area contributed by atoms with Crippen LogP contribution >= 0.6 is 0 Å². The summed E-state index contributed by atoms with van der Waals surface area (Å²) in [5, 5.41) is 7.14. The lowest BCUT2D eigenvalue weighted by Crippen LogP contribution is -2.47. The van der Waals surface area contributed by atoms with Gasteiger partial charge in [-0.3, -0.25) is 4.99 Å². The monoisotopic (exact) mass is 356 g/mol. The zero-order valence-electron chi connectivity index (χ0n) is 16.0. The van der Waals surface area contributed by atoms with Crippen LogP contribution in [0.25, 0.3) is 0 Å². The van der Waals surface area contributed by atoms with Crippen molar-refractivity contribution in [3.05, 3.63) is 29.8 Å². The van der Waals surface area contributed by atoms with E-state index >= 15 is 0 Å². The number of fused-ring (bicyclic) bond motifs is 1. The Morgan fingerprint density at radius 2 is 2.04 bits per heavy atom. The third-order valence-corrected chi connectivity index (χ3v) is 6.00. The van der Waals surface area contributed by atoms with E-state index in [9.17, 15) is 0 Å². The van der Waals surface area contributed by atoms with Gasteiger partial charge in [-0.2, -0.15) is 0 Å². The van der Waals surface area contributed by atoms with E-state index in [1.54, 1.807) is 0 Å². The smallest absolute Gasteiger partial charge is 0.191 e. The molecule has 1 saturated carbocycles. The van der Waals surface area contributed by atoms with Crippen molar-refractivity contribution >= 4 is 5.96 Å². The van der Waals surface area contributed by atoms with E-state index in [2.05, 4.69) is 46.7 Å². The first-order valence-corrected chi connectivity index (χ1v) is 10.3. The zero-order chi connectivity index (χ0) is 17.8. The van der Waals surface area contributed by atoms with Gasteiger partial charge in [-0.25, -0.2) is 0 Å². The highest BCUT2D eigenvalue weighted by molar-refractivity contribution is 5.80. The van der Waals surface area contributed by atoms with Crippen LogP contribution in [0.2, 0.25) is 0 Å². The Morgan fingerprint density at radius 1 is 1.23 bits per heavy atom. The first-order chi connectivity index (χ1) is 12.8. The zero-order valence-corrected chi connectivity index (χ0v) is 16.0. The van der Waals surface area contributed by atoms with E-state index in [4.69, 9.17) is 9.73 Å². The Kier molecular flexibility index (Phi) is 5.34. The maximum absolute atomic E-state index is 6.48. The van der Waals surface area contributed by atoms with Crippen LogP contribution in [0.4, 0.5) is 0 Å². The Morgan fingerprint density at radius 3 is 2.77 bits per heavy atom. The molecule has 1 aromatic carbocycles. The number of hydrogen-bond acceptors (Lipinski definition) is 3. The van der Waals surface area contributed by atoms with Crippen molar-refractivity contribution in [2.45, 2.75) is 57.1 Å². The van der Waals surface area contributed by atoms with E-state index in [0.717, 1.165) is 37.8 Å². The average Bonchev–Trinajstić information content (AvgIpc) is 3.04. The van der Waals surface area contributed by atoms with Gasteiger partial charge in [0.05, 0.1) is 12.6 Å². The van der Waals surface area contributed by atoms with Crippen LogP contribution in [0.15, 0.2) is 29.3 Å². The second-order valence-electron chi connectivity index (χ2n) is 7.89. The second kappa shape index (κ2) is 7.87. The van der Waals surface area contributed by atoms with Crippen molar-refractivity contribution in [3.8, 4) is 5.75 Å². The van der Waals surface area contributed by atoms with Crippen molar-refractivity contribution in [3.63, 3.8) is 0 Å². The van der Waals surface area contributed by atoms with Gasteiger partial charge in [0.15, 0.2) is 5.96 Å². The minimum absolute atomic E-state index is 0.0149. The molecule has 2 heterocycles. The number of nitrogens with zero attached hydrogens (tertiary/aromatic N) is 2. The van der Waals surface area contributed by atoms with Crippen LogP contribution in [0.3, 0.4) is 0 Å². The van der Waals surface area contributed by atoms with Crippen LogP contribution in [0, 0.1) is 0 Å². The lowest BCUT2D eigenvalue weighted by Gasteiger charge is -2.40. The molecule has 5 heteroatoms. The number of para-hydroxylation sites is 1. The first kappa shape index (κ1) is 17.7. The van der Waals surface area contributed by atoms with Crippen molar-refractivity contribution in [1.29, 1.82) is 0 Å². The predicted octanol–water partition coefficient (Wildman–Crippen LogP) is 3.08. The molecule has 1 atom stereocenters. The van der Waals surface area contributed by atoms with Crippen LogP contribution in [0.5, 0.6) is 5.75 Å². The van der Waals surface area contributed by atoms with E-state index in [-0.39, 0.29) is 11.6 Å². The summed E-state index contributed by atoms with van der Waals surface area (Å²) in [4.78, 5) is 7.29. The molecule has 3 aliphatic rings. The fourth-order valence-electron chi connectivity index (χ4n) is 4.47. The maximum Gasteiger partial charge on any atom is 0.191 e. The third kappa shape index (κ3) is 3.83. The highest BCUT2D eigenvalue weighted by atomic mass is 16.5. The second-order valence-corrected chi connectivity index (χ2v) is 7.89. The van der Waals surface area contributed by atoms with Gasteiger partial charge >= 0.3 is 0 Å². The number of nitrogens with one attached hydrogen (secondary N) is 2. The molecule has 1 spiro atoms. The third-order valence-electron chi connectivity index (χ3n) is 6.00. The van der Waals surface area contributed by atoms with Gasteiger partial charge in [0.25, 0.3) is 0 Å². The van der Waals surface area contributed by atoms with Crippen LogP contribution in [-0.2, 0) is 0 Å². The molecule has 1 unspecified atom stereocenters. The molecule has 2 aliphatic heterocycles. The summed E-state index contributed by atoms with van der Waals surface area (Å²) in [7, 11) is 0. The molecule has 0 aromatic heterocycles. The fourth-order valence-corrected chi connectivity index (χ4v) is 4.47. The molecule has 2 N–H and O–H groups in total. The lowest BCUT2D eigenvalue weighted by molar-refractivity contribution is 0.0396. The minimum atomic E-state index is 0.0149. The first-order valence-electron chi connectivity index (χ1n) is 10.3. The van der Waals surface area contributed by atoms with Gasteiger partial charge in [0, 0.05) is 25.1 Å². The number of guanidine groups is 1. The Balaban J connectivity index is 1.49. The molecule has 1 aromatic rings. The predicted molar refractivity (Wildman–Crippen MR) is 106 cm³/mol. The number of rotatable bonds is 5. The van der Waals surface area contributed by atoms with Gasteiger partial charge in [-0.05, 0) is 58.2 Å². The van der Waals surface area contributed by atoms with Gasteiger partial charge < -0.3 is 20.3 Å². The average molecular weight is 357 g/mol. The molecule has 26 heavy (non-hydrogen) atoms. The minimum Gasteiger partial charge on any atom is -0.487 e. The van der Waals surface area contributed by atoms with Gasteiger partial charge in [0.1, 0.15) is 11.4 Å². The van der Waals surface area contributed by atoms with E-state index in [0.29, 0.717) is 0 Å². The number of hydrogen-bond donors (Lipinski definition) is 2. The lowest BCUT2D eigenvalue weighted by atomic mass is 9.86. The summed E-state index contributed by atoms with van der Waals surface area (Å²) in [6.45, 7) is 7.38. The van der Waals surface area contributed by atoms with Crippen molar-refractivity contribution in [2.75, 3.05) is 32.7 Å². The number of aliphatic imine (C=N–C) groups is 1. The number of benzene rings is 1. The van der Waals surface area contributed by atoms with Crippen molar-refractivity contribution < 1.29 is 4.74 Å². The number of ether oxygens (including phenoxy) is 1. The molecule has 2 fully saturated rings.